The maximum atomic E-state index is 4.00. The first-order chi connectivity index (χ1) is 8.43. The van der Waals surface area contributed by atoms with Crippen molar-refractivity contribution in [2.45, 2.75) is 19.3 Å². The Morgan fingerprint density at radius 1 is 1.24 bits per heavy atom. The average molecular weight is 227 g/mol. The van der Waals surface area contributed by atoms with Gasteiger partial charge in [0.05, 0.1) is 12.4 Å². The molecule has 3 nitrogen and oxygen atoms in total. The Morgan fingerprint density at radius 3 is 3.06 bits per heavy atom. The van der Waals surface area contributed by atoms with E-state index in [1.165, 1.54) is 35.7 Å². The zero-order chi connectivity index (χ0) is 11.5. The van der Waals surface area contributed by atoms with Crippen LogP contribution in [-0.2, 0) is 6.42 Å². The van der Waals surface area contributed by atoms with Crippen LogP contribution in [0.25, 0.3) is 10.8 Å². The van der Waals surface area contributed by atoms with Crippen LogP contribution in [0.4, 0.5) is 0 Å². The first kappa shape index (κ1) is 10.7. The van der Waals surface area contributed by atoms with E-state index in [4.69, 9.17) is 0 Å². The standard InChI is InChI=1S/C14H17N3/c1-4-12(7-11-3-2-6-15-8-11)14-10-17-16-9-13(14)5-1/h1,4-5,9-11,15H,2-3,6-8H2. The summed E-state index contributed by atoms with van der Waals surface area (Å²) in [4.78, 5) is 0. The van der Waals surface area contributed by atoms with Crippen molar-refractivity contribution in [3.8, 4) is 0 Å². The van der Waals surface area contributed by atoms with E-state index >= 15 is 0 Å². The molecule has 1 aliphatic heterocycles. The van der Waals surface area contributed by atoms with Crippen LogP contribution < -0.4 is 5.32 Å². The van der Waals surface area contributed by atoms with Crippen LogP contribution in [0.5, 0.6) is 0 Å². The van der Waals surface area contributed by atoms with E-state index in [1.807, 2.05) is 12.4 Å². The Morgan fingerprint density at radius 2 is 2.18 bits per heavy atom. The first-order valence-corrected chi connectivity index (χ1v) is 6.32. The average Bonchev–Trinajstić information content (AvgIpc) is 2.40. The molecule has 1 aliphatic rings. The quantitative estimate of drug-likeness (QED) is 0.854. The molecule has 0 spiro atoms. The van der Waals surface area contributed by atoms with E-state index in [0.717, 1.165) is 18.9 Å². The molecular weight excluding hydrogens is 210 g/mol. The van der Waals surface area contributed by atoms with E-state index in [1.54, 1.807) is 0 Å². The number of nitrogens with one attached hydrogen (secondary N) is 1. The summed E-state index contributed by atoms with van der Waals surface area (Å²) in [7, 11) is 0. The van der Waals surface area contributed by atoms with Crippen molar-refractivity contribution in [1.82, 2.24) is 15.5 Å². The number of hydrogen-bond acceptors (Lipinski definition) is 3. The van der Waals surface area contributed by atoms with Crippen molar-refractivity contribution in [3.05, 3.63) is 36.2 Å². The third kappa shape index (κ3) is 2.29. The highest BCUT2D eigenvalue weighted by atomic mass is 15.1. The summed E-state index contributed by atoms with van der Waals surface area (Å²) in [6, 6.07) is 6.45. The number of hydrogen-bond donors (Lipinski definition) is 1. The summed E-state index contributed by atoms with van der Waals surface area (Å²) >= 11 is 0. The molecule has 1 atom stereocenters. The molecule has 88 valence electrons. The smallest absolute Gasteiger partial charge is 0.0577 e. The van der Waals surface area contributed by atoms with Crippen molar-refractivity contribution >= 4 is 10.8 Å². The maximum absolute atomic E-state index is 4.00. The van der Waals surface area contributed by atoms with Crippen LogP contribution in [0.1, 0.15) is 18.4 Å². The van der Waals surface area contributed by atoms with Crippen molar-refractivity contribution in [2.24, 2.45) is 5.92 Å². The summed E-state index contributed by atoms with van der Waals surface area (Å²) in [5.41, 5.74) is 1.41. The van der Waals surface area contributed by atoms with Crippen LogP contribution in [0.3, 0.4) is 0 Å². The fourth-order valence-corrected chi connectivity index (χ4v) is 2.68. The molecule has 3 heteroatoms. The first-order valence-electron chi connectivity index (χ1n) is 6.32. The minimum Gasteiger partial charge on any atom is -0.316 e. The molecule has 1 unspecified atom stereocenters. The summed E-state index contributed by atoms with van der Waals surface area (Å²) in [5.74, 6) is 0.766. The van der Waals surface area contributed by atoms with Crippen molar-refractivity contribution in [3.63, 3.8) is 0 Å². The lowest BCUT2D eigenvalue weighted by molar-refractivity contribution is 0.377. The predicted octanol–water partition coefficient (Wildman–Crippen LogP) is 2.17. The van der Waals surface area contributed by atoms with Crippen molar-refractivity contribution < 1.29 is 0 Å². The van der Waals surface area contributed by atoms with Crippen molar-refractivity contribution in [1.29, 1.82) is 0 Å². The molecule has 1 fully saturated rings. The van der Waals surface area contributed by atoms with Gasteiger partial charge in [-0.3, -0.25) is 0 Å². The highest BCUT2D eigenvalue weighted by Gasteiger charge is 2.14. The zero-order valence-electron chi connectivity index (χ0n) is 9.89. The number of rotatable bonds is 2. The molecule has 0 aliphatic carbocycles. The van der Waals surface area contributed by atoms with Gasteiger partial charge in [0.15, 0.2) is 0 Å². The molecule has 0 radical (unpaired) electrons. The highest BCUT2D eigenvalue weighted by Crippen LogP contribution is 2.22. The van der Waals surface area contributed by atoms with Crippen LogP contribution in [0.2, 0.25) is 0 Å². The minimum atomic E-state index is 0.766. The number of aromatic nitrogens is 2. The number of piperidine rings is 1. The fraction of sp³-hybridized carbons (Fsp3) is 0.429. The summed E-state index contributed by atoms with van der Waals surface area (Å²) in [6.07, 6.45) is 7.52. The molecule has 1 aromatic heterocycles. The van der Waals surface area contributed by atoms with Gasteiger partial charge in [-0.15, -0.1) is 0 Å². The second-order valence-corrected chi connectivity index (χ2v) is 4.83. The molecule has 3 rings (SSSR count). The Hall–Kier alpha value is -1.48. The Balaban J connectivity index is 1.89. The maximum Gasteiger partial charge on any atom is 0.0577 e. The van der Waals surface area contributed by atoms with E-state index in [9.17, 15) is 0 Å². The SMILES string of the molecule is c1cc(CC2CCCNC2)c2cnncc2c1. The molecular formula is C14H17N3. The van der Waals surface area contributed by atoms with Gasteiger partial charge in [-0.1, -0.05) is 18.2 Å². The lowest BCUT2D eigenvalue weighted by atomic mass is 9.91. The highest BCUT2D eigenvalue weighted by molar-refractivity contribution is 5.84. The van der Waals surface area contributed by atoms with E-state index in [-0.39, 0.29) is 0 Å². The third-order valence-electron chi connectivity index (χ3n) is 3.59. The van der Waals surface area contributed by atoms with Gasteiger partial charge in [-0.05, 0) is 43.8 Å². The lowest BCUT2D eigenvalue weighted by Gasteiger charge is -2.23. The van der Waals surface area contributed by atoms with Gasteiger partial charge in [0.1, 0.15) is 0 Å². The van der Waals surface area contributed by atoms with E-state index < -0.39 is 0 Å². The van der Waals surface area contributed by atoms with Crippen LogP contribution in [0.15, 0.2) is 30.6 Å². The molecule has 2 aromatic rings. The number of nitrogens with zero attached hydrogens (tertiary/aromatic N) is 2. The second-order valence-electron chi connectivity index (χ2n) is 4.83. The minimum absolute atomic E-state index is 0.766. The molecule has 0 amide bonds. The van der Waals surface area contributed by atoms with E-state index in [2.05, 4.69) is 33.7 Å². The summed E-state index contributed by atoms with van der Waals surface area (Å²) < 4.78 is 0. The summed E-state index contributed by atoms with van der Waals surface area (Å²) in [6.45, 7) is 2.33. The van der Waals surface area contributed by atoms with Crippen molar-refractivity contribution in [2.75, 3.05) is 13.1 Å². The normalized spacial score (nSPS) is 20.6. The number of benzene rings is 1. The topological polar surface area (TPSA) is 37.8 Å². The predicted molar refractivity (Wildman–Crippen MR) is 68.8 cm³/mol. The molecule has 1 saturated heterocycles. The Labute approximate surface area is 101 Å². The van der Waals surface area contributed by atoms with E-state index in [0.29, 0.717) is 0 Å². The van der Waals surface area contributed by atoms with Gasteiger partial charge in [0, 0.05) is 10.8 Å². The second kappa shape index (κ2) is 4.80. The van der Waals surface area contributed by atoms with Crippen LogP contribution in [0, 0.1) is 5.92 Å². The van der Waals surface area contributed by atoms with Crippen LogP contribution >= 0.6 is 0 Å². The molecule has 1 N–H and O–H groups in total. The molecule has 0 saturated carbocycles. The lowest BCUT2D eigenvalue weighted by Crippen LogP contribution is -2.30. The van der Waals surface area contributed by atoms with Gasteiger partial charge in [-0.25, -0.2) is 0 Å². The number of fused-ring (bicyclic) bond motifs is 1. The monoisotopic (exact) mass is 227 g/mol. The van der Waals surface area contributed by atoms with Crippen LogP contribution in [-0.4, -0.2) is 23.3 Å². The summed E-state index contributed by atoms with van der Waals surface area (Å²) in [5, 5.41) is 13.9. The fourth-order valence-electron chi connectivity index (χ4n) is 2.68. The van der Waals surface area contributed by atoms with Gasteiger partial charge in [-0.2, -0.15) is 10.2 Å². The largest absolute Gasteiger partial charge is 0.316 e. The Kier molecular flexibility index (Phi) is 3.01. The van der Waals surface area contributed by atoms with Gasteiger partial charge in [0.25, 0.3) is 0 Å². The molecule has 17 heavy (non-hydrogen) atoms. The third-order valence-corrected chi connectivity index (χ3v) is 3.59. The van der Waals surface area contributed by atoms with Gasteiger partial charge in [0.2, 0.25) is 0 Å². The van der Waals surface area contributed by atoms with Gasteiger partial charge < -0.3 is 5.32 Å². The van der Waals surface area contributed by atoms with Gasteiger partial charge >= 0.3 is 0 Å². The Bertz CT molecular complexity index is 498. The molecule has 2 heterocycles. The zero-order valence-corrected chi connectivity index (χ0v) is 9.89. The molecule has 0 bridgehead atoms. The molecule has 1 aromatic carbocycles.